The number of aromatic nitrogens is 1. The lowest BCUT2D eigenvalue weighted by Crippen LogP contribution is -2.42. The summed E-state index contributed by atoms with van der Waals surface area (Å²) in [6, 6.07) is 10.3. The molecule has 1 saturated heterocycles. The van der Waals surface area contributed by atoms with Gasteiger partial charge in [0, 0.05) is 68.0 Å². The molecular weight excluding hydrogens is 493 g/mol. The van der Waals surface area contributed by atoms with Gasteiger partial charge in [0.15, 0.2) is 0 Å². The maximum absolute atomic E-state index is 15.0. The van der Waals surface area contributed by atoms with Crippen LogP contribution in [0.3, 0.4) is 0 Å². The van der Waals surface area contributed by atoms with Gasteiger partial charge in [-0.2, -0.15) is 5.26 Å². The van der Waals surface area contributed by atoms with Gasteiger partial charge in [0.05, 0.1) is 23.1 Å². The fourth-order valence-electron chi connectivity index (χ4n) is 5.24. The standard InChI is InChI=1S/C28H37ClFN5O2/c1-19(16-36-2)34-20-3-5-21(6-4-20)35-27-14-23(25(29)15-32-27)24-13-22(7-8-26(24)30)33-18-28(17-31)9-11-37-12-10-28/h7-8,13-15,19-21,33-34H,3-6,9-12,16,18H2,1-2H3,(H,32,35)/t19-,20?,21?/m1/s1. The zero-order valence-electron chi connectivity index (χ0n) is 21.7. The first-order valence-electron chi connectivity index (χ1n) is 13.1. The quantitative estimate of drug-likeness (QED) is 0.368. The molecule has 0 radical (unpaired) electrons. The van der Waals surface area contributed by atoms with Gasteiger partial charge in [-0.15, -0.1) is 0 Å². The molecule has 1 saturated carbocycles. The lowest BCUT2D eigenvalue weighted by molar-refractivity contribution is 0.0456. The summed E-state index contributed by atoms with van der Waals surface area (Å²) in [5, 5.41) is 20.6. The lowest BCUT2D eigenvalue weighted by atomic mass is 9.81. The van der Waals surface area contributed by atoms with Gasteiger partial charge in [-0.05, 0) is 69.7 Å². The summed E-state index contributed by atoms with van der Waals surface area (Å²) in [7, 11) is 1.72. The van der Waals surface area contributed by atoms with Crippen LogP contribution in [0, 0.1) is 22.6 Å². The van der Waals surface area contributed by atoms with E-state index in [0.29, 0.717) is 79.3 Å². The molecule has 2 aromatic rings. The average molecular weight is 530 g/mol. The number of pyridine rings is 1. The van der Waals surface area contributed by atoms with Crippen LogP contribution in [-0.2, 0) is 9.47 Å². The molecule has 0 amide bonds. The van der Waals surface area contributed by atoms with Crippen LogP contribution >= 0.6 is 11.6 Å². The Morgan fingerprint density at radius 1 is 1.19 bits per heavy atom. The molecule has 0 spiro atoms. The number of hydrogen-bond acceptors (Lipinski definition) is 7. The Morgan fingerprint density at radius 2 is 1.92 bits per heavy atom. The summed E-state index contributed by atoms with van der Waals surface area (Å²) in [4.78, 5) is 4.46. The Balaban J connectivity index is 1.41. The van der Waals surface area contributed by atoms with Gasteiger partial charge in [0.2, 0.25) is 0 Å². The predicted molar refractivity (Wildman–Crippen MR) is 145 cm³/mol. The van der Waals surface area contributed by atoms with E-state index in [2.05, 4.69) is 33.9 Å². The molecule has 3 N–H and O–H groups in total. The maximum Gasteiger partial charge on any atom is 0.131 e. The minimum absolute atomic E-state index is 0.303. The van der Waals surface area contributed by atoms with Crippen LogP contribution in [0.25, 0.3) is 11.1 Å². The third-order valence-electron chi connectivity index (χ3n) is 7.45. The average Bonchev–Trinajstić information content (AvgIpc) is 2.91. The maximum atomic E-state index is 15.0. The summed E-state index contributed by atoms with van der Waals surface area (Å²) in [6.07, 6.45) is 7.13. The zero-order valence-corrected chi connectivity index (χ0v) is 22.4. The lowest BCUT2D eigenvalue weighted by Gasteiger charge is -2.32. The topological polar surface area (TPSA) is 91.2 Å². The highest BCUT2D eigenvalue weighted by atomic mass is 35.5. The summed E-state index contributed by atoms with van der Waals surface area (Å²) in [5.41, 5.74) is 1.26. The molecule has 2 fully saturated rings. The molecule has 200 valence electrons. The number of methoxy groups -OCH3 is 1. The Bertz CT molecular complexity index is 1080. The fraction of sp³-hybridized carbons (Fsp3) is 0.571. The van der Waals surface area contributed by atoms with Crippen molar-refractivity contribution < 1.29 is 13.9 Å². The van der Waals surface area contributed by atoms with E-state index in [4.69, 9.17) is 21.1 Å². The van der Waals surface area contributed by atoms with Gasteiger partial charge in [0.1, 0.15) is 11.6 Å². The monoisotopic (exact) mass is 529 g/mol. The SMILES string of the molecule is COC[C@@H](C)NC1CCC(Nc2cc(-c3cc(NCC4(C#N)CCOCC4)ccc3F)c(Cl)cn2)CC1. The van der Waals surface area contributed by atoms with Crippen molar-refractivity contribution in [3.8, 4) is 17.2 Å². The van der Waals surface area contributed by atoms with Gasteiger partial charge >= 0.3 is 0 Å². The van der Waals surface area contributed by atoms with Crippen LogP contribution in [0.4, 0.5) is 15.9 Å². The van der Waals surface area contributed by atoms with Crippen molar-refractivity contribution in [3.05, 3.63) is 41.3 Å². The molecule has 4 rings (SSSR count). The summed E-state index contributed by atoms with van der Waals surface area (Å²) < 4.78 is 25.6. The number of nitriles is 1. The first kappa shape index (κ1) is 27.6. The number of nitrogens with zero attached hydrogens (tertiary/aromatic N) is 2. The minimum Gasteiger partial charge on any atom is -0.383 e. The molecule has 7 nitrogen and oxygen atoms in total. The van der Waals surface area contributed by atoms with E-state index in [9.17, 15) is 9.65 Å². The second-order valence-electron chi connectivity index (χ2n) is 10.3. The molecule has 1 aliphatic heterocycles. The van der Waals surface area contributed by atoms with Crippen LogP contribution in [0.15, 0.2) is 30.5 Å². The fourth-order valence-corrected chi connectivity index (χ4v) is 5.45. The van der Waals surface area contributed by atoms with Gasteiger partial charge in [-0.1, -0.05) is 11.6 Å². The van der Waals surface area contributed by atoms with Crippen LogP contribution in [0.2, 0.25) is 5.02 Å². The van der Waals surface area contributed by atoms with Crippen LogP contribution < -0.4 is 16.0 Å². The van der Waals surface area contributed by atoms with Crippen molar-refractivity contribution >= 4 is 23.1 Å². The Labute approximate surface area is 224 Å². The highest BCUT2D eigenvalue weighted by Gasteiger charge is 2.32. The normalized spacial score (nSPS) is 22.1. The van der Waals surface area contributed by atoms with Crippen LogP contribution in [0.5, 0.6) is 0 Å². The minimum atomic E-state index is -0.478. The number of ether oxygens (including phenoxy) is 2. The molecule has 1 aromatic heterocycles. The number of anilines is 2. The summed E-state index contributed by atoms with van der Waals surface area (Å²) in [6.45, 7) is 4.49. The molecule has 0 bridgehead atoms. The van der Waals surface area contributed by atoms with E-state index in [-0.39, 0.29) is 5.82 Å². The summed E-state index contributed by atoms with van der Waals surface area (Å²) in [5.74, 6) is 0.328. The van der Waals surface area contributed by atoms with Crippen molar-refractivity contribution in [1.82, 2.24) is 10.3 Å². The van der Waals surface area contributed by atoms with Gasteiger partial charge < -0.3 is 25.4 Å². The first-order valence-corrected chi connectivity index (χ1v) is 13.5. The van der Waals surface area contributed by atoms with Gasteiger partial charge in [-0.3, -0.25) is 0 Å². The van der Waals surface area contributed by atoms with Gasteiger partial charge in [0.25, 0.3) is 0 Å². The highest BCUT2D eigenvalue weighted by molar-refractivity contribution is 6.33. The number of benzene rings is 1. The van der Waals surface area contributed by atoms with Crippen molar-refractivity contribution in [3.63, 3.8) is 0 Å². The smallest absolute Gasteiger partial charge is 0.131 e. The predicted octanol–water partition coefficient (Wildman–Crippen LogP) is 5.62. The Kier molecular flexibility index (Phi) is 9.60. The van der Waals surface area contributed by atoms with E-state index >= 15 is 0 Å². The molecule has 1 aromatic carbocycles. The van der Waals surface area contributed by atoms with Gasteiger partial charge in [-0.25, -0.2) is 9.37 Å². The number of nitrogens with one attached hydrogen (secondary N) is 3. The number of halogens is 2. The molecule has 2 aliphatic rings. The van der Waals surface area contributed by atoms with Crippen LogP contribution in [0.1, 0.15) is 45.4 Å². The third-order valence-corrected chi connectivity index (χ3v) is 7.75. The number of rotatable bonds is 10. The Hall–Kier alpha value is -2.44. The van der Waals surface area contributed by atoms with Crippen molar-refractivity contribution in [2.24, 2.45) is 5.41 Å². The second kappa shape index (κ2) is 12.9. The first-order chi connectivity index (χ1) is 17.9. The summed E-state index contributed by atoms with van der Waals surface area (Å²) >= 11 is 6.48. The largest absolute Gasteiger partial charge is 0.383 e. The van der Waals surface area contributed by atoms with Crippen LogP contribution in [-0.4, -0.2) is 56.6 Å². The van der Waals surface area contributed by atoms with E-state index in [1.807, 2.05) is 6.07 Å². The molecular formula is C28H37ClFN5O2. The molecule has 1 aliphatic carbocycles. The Morgan fingerprint density at radius 3 is 2.62 bits per heavy atom. The molecule has 0 unspecified atom stereocenters. The van der Waals surface area contributed by atoms with Crippen molar-refractivity contribution in [2.75, 3.05) is 44.1 Å². The third kappa shape index (κ3) is 7.32. The molecule has 9 heteroatoms. The molecule has 2 heterocycles. The van der Waals surface area contributed by atoms with E-state index in [1.54, 1.807) is 25.4 Å². The number of hydrogen-bond donors (Lipinski definition) is 3. The molecule has 1 atom stereocenters. The van der Waals surface area contributed by atoms with Crippen molar-refractivity contribution in [2.45, 2.75) is 63.6 Å². The highest BCUT2D eigenvalue weighted by Crippen LogP contribution is 2.35. The van der Waals surface area contributed by atoms with Crippen molar-refractivity contribution in [1.29, 1.82) is 5.26 Å². The van der Waals surface area contributed by atoms with E-state index in [0.717, 1.165) is 31.4 Å². The zero-order chi connectivity index (χ0) is 26.3. The second-order valence-corrected chi connectivity index (χ2v) is 10.7. The molecule has 37 heavy (non-hydrogen) atoms. The van der Waals surface area contributed by atoms with E-state index in [1.165, 1.54) is 6.07 Å². The van der Waals surface area contributed by atoms with E-state index < -0.39 is 5.41 Å².